The maximum absolute atomic E-state index is 12.9. The van der Waals surface area contributed by atoms with E-state index in [4.69, 9.17) is 11.6 Å². The average molecular weight is 481 g/mol. The maximum atomic E-state index is 12.9. The highest BCUT2D eigenvalue weighted by Crippen LogP contribution is 2.36. The molecule has 1 aromatic heterocycles. The van der Waals surface area contributed by atoms with Gasteiger partial charge < -0.3 is 16.0 Å². The highest BCUT2D eigenvalue weighted by Gasteiger charge is 2.33. The number of carbonyl (C=O) groups excluding carboxylic acids is 2. The standard InChI is InChI=1S/C21H16ClF3N4O2S/c1-26-19(30)18-11-15(8-9-27-18)32-14-5-2-12(3-6-14)28-20(31)29-13-4-7-17(22)16(10-13)21(23,24)25/h2-11H,1H3,(H,26,30)(H2,28,29,31). The summed E-state index contributed by atoms with van der Waals surface area (Å²) in [5.74, 6) is -0.291. The Bertz CT molecular complexity index is 1140. The first-order valence-corrected chi connectivity index (χ1v) is 10.3. The van der Waals surface area contributed by atoms with Gasteiger partial charge in [-0.1, -0.05) is 23.4 Å². The number of pyridine rings is 1. The Kier molecular flexibility index (Phi) is 7.26. The van der Waals surface area contributed by atoms with Crippen molar-refractivity contribution in [2.24, 2.45) is 0 Å². The van der Waals surface area contributed by atoms with E-state index in [1.165, 1.54) is 31.1 Å². The normalized spacial score (nSPS) is 11.0. The van der Waals surface area contributed by atoms with E-state index in [1.807, 2.05) is 0 Å². The largest absolute Gasteiger partial charge is 0.417 e. The Morgan fingerprint density at radius 1 is 0.938 bits per heavy atom. The lowest BCUT2D eigenvalue weighted by Crippen LogP contribution is -2.19. The quantitative estimate of drug-likeness (QED) is 0.424. The first-order valence-electron chi connectivity index (χ1n) is 9.06. The van der Waals surface area contributed by atoms with Gasteiger partial charge in [0.1, 0.15) is 5.69 Å². The molecule has 0 radical (unpaired) electrons. The summed E-state index contributed by atoms with van der Waals surface area (Å²) in [6, 6.07) is 12.6. The Balaban J connectivity index is 1.62. The molecule has 6 nitrogen and oxygen atoms in total. The van der Waals surface area contributed by atoms with Gasteiger partial charge in [0.2, 0.25) is 0 Å². The Morgan fingerprint density at radius 3 is 2.25 bits per heavy atom. The molecule has 0 saturated carbocycles. The third-order valence-corrected chi connectivity index (χ3v) is 5.40. The van der Waals surface area contributed by atoms with Gasteiger partial charge in [-0.05, 0) is 54.6 Å². The summed E-state index contributed by atoms with van der Waals surface area (Å²) in [7, 11) is 1.52. The third kappa shape index (κ3) is 6.14. The van der Waals surface area contributed by atoms with E-state index >= 15 is 0 Å². The van der Waals surface area contributed by atoms with Crippen molar-refractivity contribution in [3.05, 3.63) is 77.1 Å². The SMILES string of the molecule is CNC(=O)c1cc(Sc2ccc(NC(=O)Nc3ccc(Cl)c(C(F)(F)F)c3)cc2)ccn1. The number of alkyl halides is 3. The maximum Gasteiger partial charge on any atom is 0.417 e. The van der Waals surface area contributed by atoms with Crippen LogP contribution in [0.3, 0.4) is 0 Å². The number of aromatic nitrogens is 1. The molecule has 3 amide bonds. The molecule has 0 fully saturated rings. The van der Waals surface area contributed by atoms with Crippen LogP contribution in [0.25, 0.3) is 0 Å². The second-order valence-corrected chi connectivity index (χ2v) is 7.91. The number of rotatable bonds is 5. The second-order valence-electron chi connectivity index (χ2n) is 6.35. The van der Waals surface area contributed by atoms with Gasteiger partial charge in [-0.2, -0.15) is 13.2 Å². The fourth-order valence-electron chi connectivity index (χ4n) is 2.58. The van der Waals surface area contributed by atoms with Crippen molar-refractivity contribution < 1.29 is 22.8 Å². The van der Waals surface area contributed by atoms with Gasteiger partial charge in [-0.3, -0.25) is 9.78 Å². The van der Waals surface area contributed by atoms with Crippen LogP contribution < -0.4 is 16.0 Å². The molecule has 32 heavy (non-hydrogen) atoms. The lowest BCUT2D eigenvalue weighted by atomic mass is 10.2. The van der Waals surface area contributed by atoms with Crippen LogP contribution in [-0.4, -0.2) is 24.0 Å². The van der Waals surface area contributed by atoms with Crippen LogP contribution in [0.15, 0.2) is 70.6 Å². The molecule has 11 heteroatoms. The molecule has 166 valence electrons. The van der Waals surface area contributed by atoms with Gasteiger partial charge in [0, 0.05) is 34.4 Å². The predicted octanol–water partition coefficient (Wildman–Crippen LogP) is 5.91. The first-order chi connectivity index (χ1) is 15.2. The van der Waals surface area contributed by atoms with Crippen LogP contribution >= 0.6 is 23.4 Å². The van der Waals surface area contributed by atoms with Crippen molar-refractivity contribution in [2.75, 3.05) is 17.7 Å². The number of urea groups is 1. The smallest absolute Gasteiger partial charge is 0.354 e. The Hall–Kier alpha value is -3.24. The van der Waals surface area contributed by atoms with Gasteiger partial charge >= 0.3 is 12.2 Å². The van der Waals surface area contributed by atoms with Crippen LogP contribution in [0.2, 0.25) is 5.02 Å². The van der Waals surface area contributed by atoms with Crippen LogP contribution in [0.4, 0.5) is 29.3 Å². The number of nitrogens with one attached hydrogen (secondary N) is 3. The molecule has 0 aliphatic carbocycles. The van der Waals surface area contributed by atoms with Crippen molar-refractivity contribution in [2.45, 2.75) is 16.0 Å². The molecule has 0 atom stereocenters. The fraction of sp³-hybridized carbons (Fsp3) is 0.0952. The molecule has 2 aromatic carbocycles. The number of halogens is 4. The summed E-state index contributed by atoms with van der Waals surface area (Å²) in [4.78, 5) is 29.5. The van der Waals surface area contributed by atoms with Crippen molar-refractivity contribution in [3.8, 4) is 0 Å². The average Bonchev–Trinajstić information content (AvgIpc) is 2.75. The molecule has 0 unspecified atom stereocenters. The number of hydrogen-bond donors (Lipinski definition) is 3. The molecule has 3 rings (SSSR count). The molecule has 0 aliphatic heterocycles. The number of amides is 3. The zero-order valence-electron chi connectivity index (χ0n) is 16.5. The summed E-state index contributed by atoms with van der Waals surface area (Å²) in [6.07, 6.45) is -3.09. The lowest BCUT2D eigenvalue weighted by molar-refractivity contribution is -0.137. The summed E-state index contributed by atoms with van der Waals surface area (Å²) < 4.78 is 38.8. The van der Waals surface area contributed by atoms with Crippen LogP contribution in [0, 0.1) is 0 Å². The molecule has 1 heterocycles. The van der Waals surface area contributed by atoms with E-state index in [0.29, 0.717) is 11.4 Å². The van der Waals surface area contributed by atoms with Gasteiger partial charge in [-0.15, -0.1) is 0 Å². The highest BCUT2D eigenvalue weighted by molar-refractivity contribution is 7.99. The zero-order valence-corrected chi connectivity index (χ0v) is 18.0. The molecule has 0 aliphatic rings. The van der Waals surface area contributed by atoms with Gasteiger partial charge in [-0.25, -0.2) is 4.79 Å². The summed E-state index contributed by atoms with van der Waals surface area (Å²) >= 11 is 6.98. The lowest BCUT2D eigenvalue weighted by Gasteiger charge is -2.12. The minimum Gasteiger partial charge on any atom is -0.354 e. The van der Waals surface area contributed by atoms with Crippen molar-refractivity contribution in [3.63, 3.8) is 0 Å². The van der Waals surface area contributed by atoms with Crippen LogP contribution in [0.5, 0.6) is 0 Å². The monoisotopic (exact) mass is 480 g/mol. The Morgan fingerprint density at radius 2 is 1.59 bits per heavy atom. The summed E-state index contributed by atoms with van der Waals surface area (Å²) in [5.41, 5.74) is -0.342. The first kappa shape index (κ1) is 23.4. The molecule has 3 aromatic rings. The van der Waals surface area contributed by atoms with Gasteiger partial charge in [0.15, 0.2) is 0 Å². The number of benzene rings is 2. The topological polar surface area (TPSA) is 83.1 Å². The minimum atomic E-state index is -4.63. The predicted molar refractivity (Wildman–Crippen MR) is 117 cm³/mol. The van der Waals surface area contributed by atoms with E-state index in [2.05, 4.69) is 20.9 Å². The zero-order chi connectivity index (χ0) is 23.3. The molecular formula is C21H16ClF3N4O2S. The number of carbonyl (C=O) groups is 2. The Labute approximate surface area is 190 Å². The number of anilines is 2. The summed E-state index contributed by atoms with van der Waals surface area (Å²) in [6.45, 7) is 0. The van der Waals surface area contributed by atoms with E-state index < -0.39 is 22.8 Å². The molecular weight excluding hydrogens is 465 g/mol. The highest BCUT2D eigenvalue weighted by atomic mass is 35.5. The van der Waals surface area contributed by atoms with E-state index in [0.717, 1.165) is 21.9 Å². The van der Waals surface area contributed by atoms with Crippen molar-refractivity contribution in [1.29, 1.82) is 0 Å². The number of hydrogen-bond acceptors (Lipinski definition) is 4. The second kappa shape index (κ2) is 9.92. The molecule has 0 spiro atoms. The van der Waals surface area contributed by atoms with Crippen molar-refractivity contribution in [1.82, 2.24) is 10.3 Å². The van der Waals surface area contributed by atoms with E-state index in [-0.39, 0.29) is 11.6 Å². The number of nitrogens with zero attached hydrogens (tertiary/aromatic N) is 1. The minimum absolute atomic E-state index is 0.0454. The van der Waals surface area contributed by atoms with Crippen molar-refractivity contribution >= 4 is 46.7 Å². The molecule has 3 N–H and O–H groups in total. The third-order valence-electron chi connectivity index (χ3n) is 4.07. The molecule has 0 bridgehead atoms. The van der Waals surface area contributed by atoms with Crippen LogP contribution in [-0.2, 0) is 6.18 Å². The summed E-state index contributed by atoms with van der Waals surface area (Å²) in [5, 5.41) is 6.96. The molecule has 0 saturated heterocycles. The van der Waals surface area contributed by atoms with Gasteiger partial charge in [0.05, 0.1) is 10.6 Å². The van der Waals surface area contributed by atoms with Gasteiger partial charge in [0.25, 0.3) is 5.91 Å². The van der Waals surface area contributed by atoms with E-state index in [1.54, 1.807) is 36.4 Å². The van der Waals surface area contributed by atoms with Crippen LogP contribution in [0.1, 0.15) is 16.1 Å². The fourth-order valence-corrected chi connectivity index (χ4v) is 3.65. The van der Waals surface area contributed by atoms with E-state index in [9.17, 15) is 22.8 Å².